The second-order valence-electron chi connectivity index (χ2n) is 4.80. The summed E-state index contributed by atoms with van der Waals surface area (Å²) < 4.78 is 6.59. The van der Waals surface area contributed by atoms with Crippen molar-refractivity contribution in [3.63, 3.8) is 0 Å². The summed E-state index contributed by atoms with van der Waals surface area (Å²) >= 11 is 9.40. The molecule has 1 N–H and O–H groups in total. The third-order valence-electron chi connectivity index (χ3n) is 3.34. The highest BCUT2D eigenvalue weighted by molar-refractivity contribution is 9.10. The first-order valence-corrected chi connectivity index (χ1v) is 7.89. The summed E-state index contributed by atoms with van der Waals surface area (Å²) in [6.45, 7) is 3.81. The van der Waals surface area contributed by atoms with E-state index in [0.717, 1.165) is 24.1 Å². The number of piperidine rings is 1. The van der Waals surface area contributed by atoms with Gasteiger partial charge in [-0.2, -0.15) is 0 Å². The molecule has 1 aliphatic heterocycles. The third kappa shape index (κ3) is 4.36. The van der Waals surface area contributed by atoms with Gasteiger partial charge in [-0.1, -0.05) is 23.2 Å². The smallest absolute Gasteiger partial charge is 0.142 e. The van der Waals surface area contributed by atoms with Crippen molar-refractivity contribution < 1.29 is 9.94 Å². The molecule has 2 rings (SSSR count). The van der Waals surface area contributed by atoms with Crippen LogP contribution in [0.4, 0.5) is 0 Å². The number of hydrogen-bond acceptors (Lipinski definition) is 4. The van der Waals surface area contributed by atoms with Crippen molar-refractivity contribution in [2.24, 2.45) is 5.16 Å². The summed E-state index contributed by atoms with van der Waals surface area (Å²) in [6.07, 6.45) is 5.20. The quantitative estimate of drug-likeness (QED) is 0.493. The van der Waals surface area contributed by atoms with Gasteiger partial charge < -0.3 is 9.94 Å². The molecule has 1 heterocycles. The van der Waals surface area contributed by atoms with Gasteiger partial charge in [-0.3, -0.25) is 4.90 Å². The zero-order chi connectivity index (χ0) is 14.4. The molecule has 110 valence electrons. The Morgan fingerprint density at radius 2 is 2.10 bits per heavy atom. The molecule has 4 nitrogen and oxygen atoms in total. The number of benzene rings is 1. The highest BCUT2D eigenvalue weighted by Gasteiger charge is 2.12. The summed E-state index contributed by atoms with van der Waals surface area (Å²) in [4.78, 5) is 2.41. The molecule has 0 saturated carbocycles. The van der Waals surface area contributed by atoms with E-state index in [0.29, 0.717) is 22.9 Å². The number of halogens is 2. The Morgan fingerprint density at radius 1 is 1.35 bits per heavy atom. The average Bonchev–Trinajstić information content (AvgIpc) is 2.43. The van der Waals surface area contributed by atoms with Gasteiger partial charge in [-0.25, -0.2) is 0 Å². The molecule has 0 amide bonds. The van der Waals surface area contributed by atoms with Crippen LogP contribution in [-0.4, -0.2) is 42.6 Å². The van der Waals surface area contributed by atoms with Crippen LogP contribution in [0.2, 0.25) is 5.02 Å². The Hall–Kier alpha value is -0.780. The van der Waals surface area contributed by atoms with Crippen LogP contribution in [0.15, 0.2) is 21.8 Å². The largest absolute Gasteiger partial charge is 0.490 e. The molecule has 1 saturated heterocycles. The summed E-state index contributed by atoms with van der Waals surface area (Å²) in [5.41, 5.74) is 0.658. The molecule has 1 aliphatic rings. The lowest BCUT2D eigenvalue weighted by molar-refractivity contribution is 0.183. The van der Waals surface area contributed by atoms with E-state index in [9.17, 15) is 0 Å². The average molecular weight is 362 g/mol. The fraction of sp³-hybridized carbons (Fsp3) is 0.500. The Balaban J connectivity index is 1.97. The van der Waals surface area contributed by atoms with Crippen molar-refractivity contribution in [2.45, 2.75) is 19.3 Å². The van der Waals surface area contributed by atoms with Gasteiger partial charge in [0.15, 0.2) is 0 Å². The number of nitrogens with zero attached hydrogens (tertiary/aromatic N) is 2. The number of oxime groups is 1. The van der Waals surface area contributed by atoms with E-state index in [1.165, 1.54) is 25.5 Å². The van der Waals surface area contributed by atoms with E-state index >= 15 is 0 Å². The molecule has 0 spiro atoms. The lowest BCUT2D eigenvalue weighted by Crippen LogP contribution is -2.33. The zero-order valence-electron chi connectivity index (χ0n) is 11.2. The van der Waals surface area contributed by atoms with E-state index in [-0.39, 0.29) is 0 Å². The van der Waals surface area contributed by atoms with Crippen molar-refractivity contribution in [3.8, 4) is 5.75 Å². The molecule has 1 aromatic carbocycles. The maximum atomic E-state index is 8.70. The molecular formula is C14H18BrClN2O2. The van der Waals surface area contributed by atoms with Crippen molar-refractivity contribution in [1.29, 1.82) is 0 Å². The molecule has 0 aromatic heterocycles. The SMILES string of the molecule is ON=Cc1cc(Cl)cc(Br)c1OCCN1CCCCC1. The van der Waals surface area contributed by atoms with Crippen LogP contribution in [0.3, 0.4) is 0 Å². The summed E-state index contributed by atoms with van der Waals surface area (Å²) in [5, 5.41) is 12.3. The molecule has 0 bridgehead atoms. The predicted octanol–water partition coefficient (Wildman–Crippen LogP) is 3.78. The minimum Gasteiger partial charge on any atom is -0.490 e. The van der Waals surface area contributed by atoms with E-state index in [2.05, 4.69) is 26.0 Å². The number of rotatable bonds is 5. The summed E-state index contributed by atoms with van der Waals surface area (Å²) in [7, 11) is 0. The van der Waals surface area contributed by atoms with Crippen molar-refractivity contribution in [3.05, 3.63) is 27.2 Å². The third-order valence-corrected chi connectivity index (χ3v) is 4.14. The fourth-order valence-corrected chi connectivity index (χ4v) is 3.30. The zero-order valence-corrected chi connectivity index (χ0v) is 13.5. The molecule has 0 atom stereocenters. The Labute approximate surface area is 132 Å². The minimum absolute atomic E-state index is 0.565. The Bertz CT molecular complexity index is 476. The standard InChI is InChI=1S/C14H18BrClN2O2/c15-13-9-12(16)8-11(10-17-19)14(13)20-7-6-18-4-2-1-3-5-18/h8-10,19H,1-7H2. The minimum atomic E-state index is 0.565. The maximum absolute atomic E-state index is 8.70. The van der Waals surface area contributed by atoms with Crippen LogP contribution in [0.5, 0.6) is 5.75 Å². The van der Waals surface area contributed by atoms with Crippen molar-refractivity contribution in [1.82, 2.24) is 4.90 Å². The van der Waals surface area contributed by atoms with Crippen molar-refractivity contribution in [2.75, 3.05) is 26.2 Å². The van der Waals surface area contributed by atoms with Gasteiger partial charge in [0, 0.05) is 17.1 Å². The second kappa shape index (κ2) is 7.86. The molecule has 20 heavy (non-hydrogen) atoms. The van der Waals surface area contributed by atoms with Crippen LogP contribution in [0, 0.1) is 0 Å². The Morgan fingerprint density at radius 3 is 2.80 bits per heavy atom. The predicted molar refractivity (Wildman–Crippen MR) is 84.3 cm³/mol. The first kappa shape index (κ1) is 15.6. The molecule has 1 fully saturated rings. The van der Waals surface area contributed by atoms with Crippen molar-refractivity contribution >= 4 is 33.7 Å². The van der Waals surface area contributed by atoms with Gasteiger partial charge in [0.1, 0.15) is 12.4 Å². The van der Waals surface area contributed by atoms with Crippen LogP contribution in [0.25, 0.3) is 0 Å². The lowest BCUT2D eigenvalue weighted by atomic mass is 10.1. The molecule has 1 aromatic rings. The molecule has 0 radical (unpaired) electrons. The number of likely N-dealkylation sites (tertiary alicyclic amines) is 1. The molecule has 0 unspecified atom stereocenters. The Kier molecular flexibility index (Phi) is 6.13. The van der Waals surface area contributed by atoms with Gasteiger partial charge in [-0.15, -0.1) is 0 Å². The number of ether oxygens (including phenoxy) is 1. The first-order valence-electron chi connectivity index (χ1n) is 6.72. The van der Waals surface area contributed by atoms with E-state index in [4.69, 9.17) is 21.5 Å². The van der Waals surface area contributed by atoms with Gasteiger partial charge >= 0.3 is 0 Å². The van der Waals surface area contributed by atoms with Gasteiger partial charge in [0.25, 0.3) is 0 Å². The lowest BCUT2D eigenvalue weighted by Gasteiger charge is -2.26. The van der Waals surface area contributed by atoms with Gasteiger partial charge in [0.05, 0.1) is 10.7 Å². The van der Waals surface area contributed by atoms with Crippen LogP contribution >= 0.6 is 27.5 Å². The highest BCUT2D eigenvalue weighted by Crippen LogP contribution is 2.31. The first-order chi connectivity index (χ1) is 9.70. The molecule has 0 aliphatic carbocycles. The van der Waals surface area contributed by atoms with E-state index < -0.39 is 0 Å². The van der Waals surface area contributed by atoms with Gasteiger partial charge in [0.2, 0.25) is 0 Å². The second-order valence-corrected chi connectivity index (χ2v) is 6.09. The van der Waals surface area contributed by atoms with E-state index in [1.54, 1.807) is 12.1 Å². The monoisotopic (exact) mass is 360 g/mol. The van der Waals surface area contributed by atoms with Crippen LogP contribution in [0.1, 0.15) is 24.8 Å². The van der Waals surface area contributed by atoms with E-state index in [1.807, 2.05) is 0 Å². The molecular weight excluding hydrogens is 344 g/mol. The fourth-order valence-electron chi connectivity index (χ4n) is 2.35. The highest BCUT2D eigenvalue weighted by atomic mass is 79.9. The van der Waals surface area contributed by atoms with Crippen LogP contribution < -0.4 is 4.74 Å². The number of hydrogen-bond donors (Lipinski definition) is 1. The molecule has 6 heteroatoms. The summed E-state index contributed by atoms with van der Waals surface area (Å²) in [6, 6.07) is 3.48. The normalized spacial score (nSPS) is 16.7. The van der Waals surface area contributed by atoms with Crippen LogP contribution in [-0.2, 0) is 0 Å². The maximum Gasteiger partial charge on any atom is 0.142 e. The topological polar surface area (TPSA) is 45.1 Å². The van der Waals surface area contributed by atoms with Gasteiger partial charge in [-0.05, 0) is 54.0 Å². The summed E-state index contributed by atoms with van der Waals surface area (Å²) in [5.74, 6) is 0.657.